The largest absolute Gasteiger partial charge is 0.463 e. The van der Waals surface area contributed by atoms with Crippen molar-refractivity contribution in [2.45, 2.75) is 58.1 Å². The van der Waals surface area contributed by atoms with Crippen LogP contribution in [0.2, 0.25) is 0 Å². The van der Waals surface area contributed by atoms with E-state index in [0.717, 1.165) is 5.56 Å². The Morgan fingerprint density at radius 1 is 1.10 bits per heavy atom. The van der Waals surface area contributed by atoms with Gasteiger partial charge in [-0.3, -0.25) is 14.4 Å². The van der Waals surface area contributed by atoms with Crippen LogP contribution in [-0.4, -0.2) is 30.1 Å². The van der Waals surface area contributed by atoms with Gasteiger partial charge >= 0.3 is 11.9 Å². The number of rotatable bonds is 12. The van der Waals surface area contributed by atoms with Gasteiger partial charge in [-0.05, 0) is 39.2 Å². The first kappa shape index (κ1) is 25.1. The van der Waals surface area contributed by atoms with Gasteiger partial charge in [-0.1, -0.05) is 42.5 Å². The number of hydrogen-bond acceptors (Lipinski definition) is 5. The Morgan fingerprint density at radius 3 is 2.33 bits per heavy atom. The normalized spacial score (nSPS) is 12.9. The molecule has 0 radical (unpaired) electrons. The lowest BCUT2D eigenvalue weighted by atomic mass is 10.0. The van der Waals surface area contributed by atoms with Gasteiger partial charge in [-0.2, -0.15) is 0 Å². The second kappa shape index (κ2) is 12.6. The molecule has 0 aliphatic heterocycles. The molecule has 6 heteroatoms. The van der Waals surface area contributed by atoms with E-state index >= 15 is 0 Å². The molecular formula is C24H33NO5. The molecule has 0 heterocycles. The fourth-order valence-corrected chi connectivity index (χ4v) is 2.74. The first-order chi connectivity index (χ1) is 14.2. The van der Waals surface area contributed by atoms with E-state index in [-0.39, 0.29) is 18.9 Å². The Morgan fingerprint density at radius 2 is 1.77 bits per heavy atom. The highest BCUT2D eigenvalue weighted by molar-refractivity contribution is 5.80. The number of amides is 1. The summed E-state index contributed by atoms with van der Waals surface area (Å²) in [6, 6.07) is 8.79. The summed E-state index contributed by atoms with van der Waals surface area (Å²) in [7, 11) is 0. The second-order valence-electron chi connectivity index (χ2n) is 8.00. The third-order valence-electron chi connectivity index (χ3n) is 4.12. The van der Waals surface area contributed by atoms with Crippen LogP contribution >= 0.6 is 0 Å². The zero-order valence-electron chi connectivity index (χ0n) is 18.2. The van der Waals surface area contributed by atoms with Crippen molar-refractivity contribution in [2.24, 2.45) is 5.92 Å². The van der Waals surface area contributed by atoms with Crippen LogP contribution in [0, 0.1) is 5.92 Å². The molecular weight excluding hydrogens is 382 g/mol. The highest BCUT2D eigenvalue weighted by Crippen LogP contribution is 2.19. The van der Waals surface area contributed by atoms with Crippen molar-refractivity contribution in [3.8, 4) is 0 Å². The van der Waals surface area contributed by atoms with E-state index in [1.165, 1.54) is 0 Å². The first-order valence-corrected chi connectivity index (χ1v) is 10.1. The molecule has 0 aliphatic carbocycles. The lowest BCUT2D eigenvalue weighted by molar-refractivity contribution is -0.161. The number of esters is 2. The Balaban J connectivity index is 2.79. The third kappa shape index (κ3) is 10.0. The summed E-state index contributed by atoms with van der Waals surface area (Å²) in [5.74, 6) is -1.84. The van der Waals surface area contributed by atoms with E-state index in [2.05, 4.69) is 18.5 Å². The van der Waals surface area contributed by atoms with E-state index in [1.54, 1.807) is 32.9 Å². The Kier molecular flexibility index (Phi) is 10.6. The number of benzene rings is 1. The summed E-state index contributed by atoms with van der Waals surface area (Å²) in [5, 5.41) is 2.89. The number of nitrogens with one attached hydrogen (secondary N) is 1. The molecule has 0 unspecified atom stereocenters. The molecule has 30 heavy (non-hydrogen) atoms. The van der Waals surface area contributed by atoms with Crippen LogP contribution < -0.4 is 5.32 Å². The lowest BCUT2D eigenvalue weighted by Gasteiger charge is -2.23. The van der Waals surface area contributed by atoms with Crippen LogP contribution in [-0.2, 0) is 23.9 Å². The topological polar surface area (TPSA) is 81.7 Å². The van der Waals surface area contributed by atoms with Crippen molar-refractivity contribution < 1.29 is 23.9 Å². The van der Waals surface area contributed by atoms with E-state index in [1.807, 2.05) is 30.3 Å². The van der Waals surface area contributed by atoms with Crippen LogP contribution in [0.25, 0.3) is 0 Å². The number of ether oxygens (including phenoxy) is 2. The minimum Gasteiger partial charge on any atom is -0.463 e. The fraction of sp³-hybridized carbons (Fsp3) is 0.458. The Labute approximate surface area is 179 Å². The molecule has 0 bridgehead atoms. The maximum atomic E-state index is 12.6. The average Bonchev–Trinajstić information content (AvgIpc) is 2.68. The van der Waals surface area contributed by atoms with Crippen LogP contribution in [0.5, 0.6) is 0 Å². The van der Waals surface area contributed by atoms with Crippen molar-refractivity contribution >= 4 is 17.8 Å². The molecule has 6 nitrogen and oxygen atoms in total. The summed E-state index contributed by atoms with van der Waals surface area (Å²) in [5.41, 5.74) is 0.193. The van der Waals surface area contributed by atoms with E-state index in [9.17, 15) is 14.4 Å². The maximum absolute atomic E-state index is 12.6. The van der Waals surface area contributed by atoms with Crippen LogP contribution in [0.1, 0.15) is 58.1 Å². The zero-order chi connectivity index (χ0) is 22.6. The lowest BCUT2D eigenvalue weighted by Crippen LogP contribution is -2.33. The van der Waals surface area contributed by atoms with Gasteiger partial charge in [-0.15, -0.1) is 13.2 Å². The van der Waals surface area contributed by atoms with Gasteiger partial charge in [0.15, 0.2) is 0 Å². The van der Waals surface area contributed by atoms with Gasteiger partial charge in [0, 0.05) is 6.42 Å². The smallest absolute Gasteiger partial charge is 0.309 e. The Bertz CT molecular complexity index is 721. The van der Waals surface area contributed by atoms with Gasteiger partial charge in [0.1, 0.15) is 12.2 Å². The molecule has 0 aliphatic rings. The predicted molar refractivity (Wildman–Crippen MR) is 116 cm³/mol. The molecule has 0 saturated carbocycles. The van der Waals surface area contributed by atoms with Crippen LogP contribution in [0.3, 0.4) is 0 Å². The molecule has 1 aromatic carbocycles. The minimum absolute atomic E-state index is 0.0371. The van der Waals surface area contributed by atoms with E-state index in [0.29, 0.717) is 19.3 Å². The van der Waals surface area contributed by atoms with Gasteiger partial charge in [0.05, 0.1) is 18.4 Å². The molecule has 1 aromatic rings. The van der Waals surface area contributed by atoms with Gasteiger partial charge < -0.3 is 14.8 Å². The minimum atomic E-state index is -0.690. The monoisotopic (exact) mass is 415 g/mol. The summed E-state index contributed by atoms with van der Waals surface area (Å²) < 4.78 is 10.8. The second-order valence-corrected chi connectivity index (χ2v) is 8.00. The summed E-state index contributed by atoms with van der Waals surface area (Å²) in [4.78, 5) is 36.9. The molecule has 1 rings (SSSR count). The molecule has 2 atom stereocenters. The number of allylic oxidation sites excluding steroid dienone is 2. The predicted octanol–water partition coefficient (Wildman–Crippen LogP) is 4.28. The highest BCUT2D eigenvalue weighted by Gasteiger charge is 2.27. The number of carbonyl (C=O) groups is 3. The molecule has 1 N–H and O–H groups in total. The van der Waals surface area contributed by atoms with Gasteiger partial charge in [0.25, 0.3) is 0 Å². The number of hydrogen-bond donors (Lipinski definition) is 1. The number of carbonyl (C=O) groups excluding carboxylic acids is 3. The van der Waals surface area contributed by atoms with Crippen LogP contribution in [0.15, 0.2) is 55.6 Å². The van der Waals surface area contributed by atoms with E-state index < -0.39 is 29.5 Å². The summed E-state index contributed by atoms with van der Waals surface area (Å²) in [6.07, 6.45) is 4.31. The Hall–Kier alpha value is -2.89. The zero-order valence-corrected chi connectivity index (χ0v) is 18.2. The summed E-state index contributed by atoms with van der Waals surface area (Å²) in [6.45, 7) is 12.5. The molecule has 0 fully saturated rings. The molecule has 1 amide bonds. The maximum Gasteiger partial charge on any atom is 0.309 e. The summed E-state index contributed by atoms with van der Waals surface area (Å²) >= 11 is 0. The van der Waals surface area contributed by atoms with Gasteiger partial charge in [0.2, 0.25) is 5.91 Å². The fourth-order valence-electron chi connectivity index (χ4n) is 2.74. The first-order valence-electron chi connectivity index (χ1n) is 10.1. The molecule has 0 spiro atoms. The van der Waals surface area contributed by atoms with Gasteiger partial charge in [-0.25, -0.2) is 0 Å². The van der Waals surface area contributed by atoms with Crippen molar-refractivity contribution in [2.75, 3.05) is 6.61 Å². The highest BCUT2D eigenvalue weighted by atomic mass is 16.6. The standard InChI is InChI=1S/C24H33NO5/c1-6-8-15-21(26)25-20(18-13-10-9-11-14-18)17-29-23(28)19(12-7-2)16-22(27)30-24(3,4)5/h6-7,9-11,13-14,19-20H,1-2,8,12,15-17H2,3-5H3,(H,25,26)/t19-,20+/m0/s1. The molecule has 164 valence electrons. The van der Waals surface area contributed by atoms with E-state index in [4.69, 9.17) is 9.47 Å². The molecule has 0 saturated heterocycles. The molecule has 0 aromatic heterocycles. The third-order valence-corrected chi connectivity index (χ3v) is 4.12. The van der Waals surface area contributed by atoms with Crippen molar-refractivity contribution in [3.63, 3.8) is 0 Å². The van der Waals surface area contributed by atoms with Crippen LogP contribution in [0.4, 0.5) is 0 Å². The average molecular weight is 416 g/mol. The van der Waals surface area contributed by atoms with Crippen molar-refractivity contribution in [1.29, 1.82) is 0 Å². The van der Waals surface area contributed by atoms with Crippen molar-refractivity contribution in [3.05, 3.63) is 61.2 Å². The van der Waals surface area contributed by atoms with Crippen molar-refractivity contribution in [1.82, 2.24) is 5.32 Å². The quantitative estimate of drug-likeness (QED) is 0.407. The SMILES string of the molecule is C=CCCC(=O)N[C@H](COC(=O)[C@@H](CC=C)CC(=O)OC(C)(C)C)c1ccccc1.